The van der Waals surface area contributed by atoms with Crippen LogP contribution in [0, 0.1) is 11.8 Å². The van der Waals surface area contributed by atoms with Crippen molar-refractivity contribution in [1.82, 2.24) is 14.6 Å². The number of rotatable bonds is 6. The maximum atomic E-state index is 13.1. The van der Waals surface area contributed by atoms with Crippen LogP contribution in [0.25, 0.3) is 0 Å². The van der Waals surface area contributed by atoms with Crippen molar-refractivity contribution in [1.29, 1.82) is 0 Å². The Morgan fingerprint density at radius 3 is 2.27 bits per heavy atom. The predicted octanol–water partition coefficient (Wildman–Crippen LogP) is 3.16. The molecule has 2 aromatic carbocycles. The molecule has 0 bridgehead atoms. The van der Waals surface area contributed by atoms with E-state index in [0.29, 0.717) is 42.9 Å². The van der Waals surface area contributed by atoms with Crippen molar-refractivity contribution in [3.8, 4) is 17.6 Å². The first-order valence-corrected chi connectivity index (χ1v) is 14.1. The Morgan fingerprint density at radius 2 is 1.61 bits per heavy atom. The van der Waals surface area contributed by atoms with Gasteiger partial charge in [-0.05, 0) is 48.5 Å². The van der Waals surface area contributed by atoms with E-state index in [4.69, 9.17) is 0 Å². The molecule has 2 heterocycles. The van der Waals surface area contributed by atoms with E-state index in [1.54, 1.807) is 52.2 Å². The number of halogens is 3. The fourth-order valence-corrected chi connectivity index (χ4v) is 5.03. The topological polar surface area (TPSA) is 120 Å². The Labute approximate surface area is 234 Å². The summed E-state index contributed by atoms with van der Waals surface area (Å²) in [5.41, 5.74) is 2.28. The second-order valence-corrected chi connectivity index (χ2v) is 11.0. The molecule has 41 heavy (non-hydrogen) atoms. The van der Waals surface area contributed by atoms with Gasteiger partial charge >= 0.3 is 6.18 Å². The number of carbonyl (C=O) groups is 2. The molecule has 1 aliphatic rings. The summed E-state index contributed by atoms with van der Waals surface area (Å²) in [4.78, 5) is 33.1. The summed E-state index contributed by atoms with van der Waals surface area (Å²) < 4.78 is 62.2. The Bertz CT molecular complexity index is 1590. The lowest BCUT2D eigenvalue weighted by atomic mass is 10.1. The summed E-state index contributed by atoms with van der Waals surface area (Å²) in [6.07, 6.45) is -3.19. The van der Waals surface area contributed by atoms with E-state index in [1.165, 1.54) is 24.4 Å². The number of carbonyl (C=O) groups excluding carboxylic acids is 2. The highest BCUT2D eigenvalue weighted by Crippen LogP contribution is 2.21. The molecule has 2 N–H and O–H groups in total. The average Bonchev–Trinajstić information content (AvgIpc) is 2.94. The second-order valence-electron chi connectivity index (χ2n) is 9.20. The monoisotopic (exact) mass is 586 g/mol. The Kier molecular flexibility index (Phi) is 8.83. The summed E-state index contributed by atoms with van der Waals surface area (Å²) >= 11 is 0. The number of phenolic OH excluding ortho intramolecular Hbond substituents is 1. The molecule has 0 atom stereocenters. The van der Waals surface area contributed by atoms with Crippen LogP contribution in [0.3, 0.4) is 0 Å². The minimum atomic E-state index is -4.65. The van der Waals surface area contributed by atoms with Gasteiger partial charge in [0.2, 0.25) is 10.0 Å². The van der Waals surface area contributed by atoms with Crippen LogP contribution >= 0.6 is 0 Å². The molecule has 9 nitrogen and oxygen atoms in total. The minimum absolute atomic E-state index is 0.0160. The summed E-state index contributed by atoms with van der Waals surface area (Å²) in [6.45, 7) is 1.82. The summed E-state index contributed by atoms with van der Waals surface area (Å²) in [5.74, 6) is 3.52. The smallest absolute Gasteiger partial charge is 0.390 e. The van der Waals surface area contributed by atoms with Gasteiger partial charge in [-0.25, -0.2) is 13.1 Å². The Hall–Kier alpha value is -4.57. The number of nitrogens with one attached hydrogen (secondary N) is 1. The number of aromatic nitrogens is 1. The number of piperazine rings is 1. The third kappa shape index (κ3) is 8.46. The number of sulfonamides is 1. The van der Waals surface area contributed by atoms with Gasteiger partial charge in [-0.15, -0.1) is 0 Å². The van der Waals surface area contributed by atoms with Crippen LogP contribution in [0.2, 0.25) is 0 Å². The first-order valence-electron chi connectivity index (χ1n) is 12.4. The van der Waals surface area contributed by atoms with E-state index >= 15 is 0 Å². The molecule has 4 rings (SSSR count). The van der Waals surface area contributed by atoms with Gasteiger partial charge in [0.1, 0.15) is 5.75 Å². The van der Waals surface area contributed by atoms with Crippen LogP contribution in [-0.2, 0) is 10.0 Å². The van der Waals surface area contributed by atoms with Crippen molar-refractivity contribution in [3.05, 3.63) is 89.2 Å². The number of aromatic hydroxyl groups is 1. The molecule has 3 aromatic rings. The molecule has 1 saturated heterocycles. The zero-order valence-electron chi connectivity index (χ0n) is 21.6. The van der Waals surface area contributed by atoms with Gasteiger partial charge in [0, 0.05) is 61.0 Å². The van der Waals surface area contributed by atoms with Crippen molar-refractivity contribution in [2.75, 3.05) is 36.8 Å². The zero-order chi connectivity index (χ0) is 29.6. The van der Waals surface area contributed by atoms with Gasteiger partial charge < -0.3 is 14.9 Å². The van der Waals surface area contributed by atoms with E-state index < -0.39 is 34.3 Å². The lowest BCUT2D eigenvalue weighted by Gasteiger charge is -2.36. The number of phenols is 1. The van der Waals surface area contributed by atoms with Crippen LogP contribution in [0.5, 0.6) is 5.75 Å². The lowest BCUT2D eigenvalue weighted by molar-refractivity contribution is -0.130. The van der Waals surface area contributed by atoms with Crippen LogP contribution in [0.1, 0.15) is 38.3 Å². The molecule has 1 aliphatic heterocycles. The Morgan fingerprint density at radius 1 is 0.927 bits per heavy atom. The summed E-state index contributed by atoms with van der Waals surface area (Å²) in [7, 11) is -4.44. The van der Waals surface area contributed by atoms with Gasteiger partial charge in [-0.2, -0.15) is 13.2 Å². The fourth-order valence-electron chi connectivity index (χ4n) is 4.03. The highest BCUT2D eigenvalue weighted by Gasteiger charge is 2.30. The van der Waals surface area contributed by atoms with Crippen molar-refractivity contribution in [2.45, 2.75) is 12.6 Å². The minimum Gasteiger partial charge on any atom is -0.508 e. The lowest BCUT2D eigenvalue weighted by Crippen LogP contribution is -2.48. The molecule has 1 fully saturated rings. The zero-order valence-corrected chi connectivity index (χ0v) is 22.4. The van der Waals surface area contributed by atoms with Gasteiger partial charge in [-0.3, -0.25) is 14.6 Å². The van der Waals surface area contributed by atoms with Crippen molar-refractivity contribution < 1.29 is 36.3 Å². The summed E-state index contributed by atoms with van der Waals surface area (Å²) in [5, 5.41) is 9.57. The molecule has 0 unspecified atom stereocenters. The number of anilines is 1. The largest absolute Gasteiger partial charge is 0.508 e. The van der Waals surface area contributed by atoms with Crippen LogP contribution in [0.15, 0.2) is 67.0 Å². The number of hydrogen-bond acceptors (Lipinski definition) is 7. The standard InChI is InChI=1S/C28H25F3N4O5S/c29-28(30,31)10-15-41(39,40)33-26(37)22-6-8-24(9-7-22)34-11-13-35(14-12-34)27(38)23-16-21(18-32-19-23)5-4-20-2-1-3-25(36)17-20/h1-3,6-9,16-19,36H,10-15H2,(H,33,37). The van der Waals surface area contributed by atoms with E-state index in [-0.39, 0.29) is 17.2 Å². The van der Waals surface area contributed by atoms with E-state index in [9.17, 15) is 36.3 Å². The highest BCUT2D eigenvalue weighted by molar-refractivity contribution is 7.90. The van der Waals surface area contributed by atoms with Crippen LogP contribution < -0.4 is 9.62 Å². The van der Waals surface area contributed by atoms with Gasteiger partial charge in [0.05, 0.1) is 17.7 Å². The first-order chi connectivity index (χ1) is 19.4. The number of nitrogens with zero attached hydrogens (tertiary/aromatic N) is 3. The molecule has 2 amide bonds. The third-order valence-electron chi connectivity index (χ3n) is 6.15. The van der Waals surface area contributed by atoms with E-state index in [2.05, 4.69) is 16.8 Å². The number of benzene rings is 2. The van der Waals surface area contributed by atoms with Crippen molar-refractivity contribution >= 4 is 27.5 Å². The second kappa shape index (κ2) is 12.3. The van der Waals surface area contributed by atoms with Crippen LogP contribution in [0.4, 0.5) is 18.9 Å². The number of amides is 2. The van der Waals surface area contributed by atoms with Gasteiger partial charge in [-0.1, -0.05) is 17.9 Å². The van der Waals surface area contributed by atoms with Crippen molar-refractivity contribution in [2.24, 2.45) is 0 Å². The number of hydrogen-bond donors (Lipinski definition) is 2. The molecular formula is C28H25F3N4O5S. The molecule has 214 valence electrons. The quantitative estimate of drug-likeness (QED) is 0.426. The SMILES string of the molecule is O=C(NS(=O)(=O)CCC(F)(F)F)c1ccc(N2CCN(C(=O)c3cncc(C#Cc4cccc(O)c4)c3)CC2)cc1. The average molecular weight is 587 g/mol. The Balaban J connectivity index is 1.32. The van der Waals surface area contributed by atoms with Crippen molar-refractivity contribution in [3.63, 3.8) is 0 Å². The molecule has 0 aliphatic carbocycles. The predicted molar refractivity (Wildman–Crippen MR) is 145 cm³/mol. The van der Waals surface area contributed by atoms with Crippen LogP contribution in [-0.4, -0.2) is 73.3 Å². The number of alkyl halides is 3. The molecular weight excluding hydrogens is 561 g/mol. The molecule has 1 aromatic heterocycles. The van der Waals surface area contributed by atoms with E-state index in [0.717, 1.165) is 5.69 Å². The van der Waals surface area contributed by atoms with E-state index in [1.807, 2.05) is 4.90 Å². The van der Waals surface area contributed by atoms with Gasteiger partial charge in [0.25, 0.3) is 11.8 Å². The molecule has 0 radical (unpaired) electrons. The fraction of sp³-hybridized carbons (Fsp3) is 0.250. The maximum Gasteiger partial charge on any atom is 0.390 e. The number of pyridine rings is 1. The third-order valence-corrected chi connectivity index (χ3v) is 7.38. The molecule has 13 heteroatoms. The highest BCUT2D eigenvalue weighted by atomic mass is 32.2. The molecule has 0 saturated carbocycles. The first kappa shape index (κ1) is 29.4. The summed E-state index contributed by atoms with van der Waals surface area (Å²) in [6, 6.07) is 14.2. The normalized spacial score (nSPS) is 13.7. The maximum absolute atomic E-state index is 13.1. The molecule has 0 spiro atoms. The van der Waals surface area contributed by atoms with Gasteiger partial charge in [0.15, 0.2) is 0 Å².